The minimum atomic E-state index is -4.36. The minimum Gasteiger partial charge on any atom is -0.294 e. The summed E-state index contributed by atoms with van der Waals surface area (Å²) in [5, 5.41) is 0. The number of rotatable bonds is 1. The van der Waals surface area contributed by atoms with E-state index in [0.29, 0.717) is 9.13 Å². The lowest BCUT2D eigenvalue weighted by molar-refractivity contribution is -0.138. The second-order valence-corrected chi connectivity index (χ2v) is 4.36. The Morgan fingerprint density at radius 1 is 1.33 bits per heavy atom. The molecule has 1 aromatic carbocycles. The monoisotopic (exact) mass is 328 g/mol. The van der Waals surface area contributed by atoms with Crippen molar-refractivity contribution in [3.05, 3.63) is 32.4 Å². The van der Waals surface area contributed by atoms with E-state index in [-0.39, 0.29) is 11.3 Å². The molecule has 0 bridgehead atoms. The van der Waals surface area contributed by atoms with E-state index in [1.54, 1.807) is 22.6 Å². The average molecular weight is 328 g/mol. The summed E-state index contributed by atoms with van der Waals surface area (Å²) in [5.41, 5.74) is -0.272. The normalized spacial score (nSPS) is 11.6. The Bertz CT molecular complexity index is 410. The Labute approximate surface area is 98.8 Å². The Balaban J connectivity index is 3.39. The van der Waals surface area contributed by atoms with Crippen LogP contribution in [-0.4, -0.2) is 5.78 Å². The van der Waals surface area contributed by atoms with Gasteiger partial charge in [-0.3, -0.25) is 4.79 Å². The first kappa shape index (κ1) is 12.5. The molecular formula is C10H8F3IO. The Morgan fingerprint density at radius 3 is 2.27 bits per heavy atom. The number of Topliss-reactive ketones (excluding diaryl/α,β-unsaturated/α-hetero) is 1. The fourth-order valence-corrected chi connectivity index (χ4v) is 2.10. The molecule has 0 N–H and O–H groups in total. The van der Waals surface area contributed by atoms with Crippen LogP contribution < -0.4 is 0 Å². The number of carbonyl (C=O) groups excluding carboxylic acids is 1. The predicted octanol–water partition coefficient (Wildman–Crippen LogP) is 3.82. The third kappa shape index (κ3) is 2.70. The molecule has 0 fully saturated rings. The van der Waals surface area contributed by atoms with Crippen LogP contribution in [0.15, 0.2) is 12.1 Å². The summed E-state index contributed by atoms with van der Waals surface area (Å²) in [4.78, 5) is 11.1. The zero-order valence-corrected chi connectivity index (χ0v) is 10.2. The van der Waals surface area contributed by atoms with Gasteiger partial charge in [-0.2, -0.15) is 13.2 Å². The number of aryl methyl sites for hydroxylation is 1. The maximum absolute atomic E-state index is 12.5. The van der Waals surface area contributed by atoms with Crippen molar-refractivity contribution in [1.29, 1.82) is 0 Å². The highest BCUT2D eigenvalue weighted by atomic mass is 127. The molecule has 0 aliphatic rings. The van der Waals surface area contributed by atoms with Gasteiger partial charge in [0.2, 0.25) is 0 Å². The Morgan fingerprint density at radius 2 is 1.87 bits per heavy atom. The van der Waals surface area contributed by atoms with Crippen LogP contribution >= 0.6 is 22.6 Å². The molecule has 0 radical (unpaired) electrons. The molecule has 1 rings (SSSR count). The summed E-state index contributed by atoms with van der Waals surface area (Å²) in [6.45, 7) is 2.69. The van der Waals surface area contributed by atoms with E-state index >= 15 is 0 Å². The van der Waals surface area contributed by atoms with Crippen molar-refractivity contribution >= 4 is 28.4 Å². The molecular weight excluding hydrogens is 320 g/mol. The summed E-state index contributed by atoms with van der Waals surface area (Å²) in [6.07, 6.45) is -4.36. The maximum Gasteiger partial charge on any atom is 0.416 e. The molecule has 1 aromatic rings. The van der Waals surface area contributed by atoms with Gasteiger partial charge in [-0.25, -0.2) is 0 Å². The lowest BCUT2D eigenvalue weighted by Gasteiger charge is -2.12. The Kier molecular flexibility index (Phi) is 3.42. The van der Waals surface area contributed by atoms with Crippen LogP contribution in [0.2, 0.25) is 0 Å². The van der Waals surface area contributed by atoms with Crippen molar-refractivity contribution in [2.24, 2.45) is 0 Å². The van der Waals surface area contributed by atoms with Crippen molar-refractivity contribution in [3.8, 4) is 0 Å². The molecule has 1 nitrogen and oxygen atoms in total. The van der Waals surface area contributed by atoms with Crippen molar-refractivity contribution in [2.75, 3.05) is 0 Å². The number of hydrogen-bond acceptors (Lipinski definition) is 1. The van der Waals surface area contributed by atoms with E-state index in [4.69, 9.17) is 0 Å². The highest BCUT2D eigenvalue weighted by molar-refractivity contribution is 14.1. The van der Waals surface area contributed by atoms with Gasteiger partial charge in [-0.15, -0.1) is 0 Å². The number of alkyl halides is 3. The number of hydrogen-bond donors (Lipinski definition) is 0. The third-order valence-electron chi connectivity index (χ3n) is 2.00. The van der Waals surface area contributed by atoms with Gasteiger partial charge in [0, 0.05) is 9.13 Å². The molecule has 0 unspecified atom stereocenters. The van der Waals surface area contributed by atoms with Crippen molar-refractivity contribution in [3.63, 3.8) is 0 Å². The van der Waals surface area contributed by atoms with Crippen molar-refractivity contribution < 1.29 is 18.0 Å². The van der Waals surface area contributed by atoms with Gasteiger partial charge in [0.05, 0.1) is 5.56 Å². The molecule has 0 saturated heterocycles. The summed E-state index contributed by atoms with van der Waals surface area (Å²) < 4.78 is 37.8. The summed E-state index contributed by atoms with van der Waals surface area (Å²) in [6, 6.07) is 2.29. The minimum absolute atomic E-state index is 0.0770. The standard InChI is InChI=1S/C10H8F3IO/c1-5-3-7(6(2)15)9(14)4-8(5)10(11,12)13/h3-4H,1-2H3. The lowest BCUT2D eigenvalue weighted by atomic mass is 10.0. The maximum atomic E-state index is 12.5. The van der Waals surface area contributed by atoms with Gasteiger partial charge in [0.15, 0.2) is 5.78 Å². The topological polar surface area (TPSA) is 17.1 Å². The Hall–Kier alpha value is -0.590. The molecule has 0 aromatic heterocycles. The van der Waals surface area contributed by atoms with Crippen molar-refractivity contribution in [2.45, 2.75) is 20.0 Å². The second-order valence-electron chi connectivity index (χ2n) is 3.20. The molecule has 82 valence electrons. The molecule has 15 heavy (non-hydrogen) atoms. The molecule has 0 spiro atoms. The van der Waals surface area contributed by atoms with Crippen LogP contribution in [0.3, 0.4) is 0 Å². The molecule has 0 atom stereocenters. The smallest absolute Gasteiger partial charge is 0.294 e. The first-order chi connectivity index (χ1) is 6.73. The highest BCUT2D eigenvalue weighted by Crippen LogP contribution is 2.33. The second kappa shape index (κ2) is 4.11. The van der Waals surface area contributed by atoms with Crippen LogP contribution in [0.4, 0.5) is 13.2 Å². The number of benzene rings is 1. The summed E-state index contributed by atoms with van der Waals surface area (Å²) in [7, 11) is 0. The van der Waals surface area contributed by atoms with E-state index in [2.05, 4.69) is 0 Å². The molecule has 0 saturated carbocycles. The van der Waals surface area contributed by atoms with Gasteiger partial charge in [-0.05, 0) is 54.1 Å². The van der Waals surface area contributed by atoms with E-state index in [1.807, 2.05) is 0 Å². The first-order valence-electron chi connectivity index (χ1n) is 4.11. The number of halogens is 4. The zero-order valence-electron chi connectivity index (χ0n) is 8.07. The predicted molar refractivity (Wildman–Crippen MR) is 58.9 cm³/mol. The van der Waals surface area contributed by atoms with E-state index in [1.165, 1.54) is 19.9 Å². The van der Waals surface area contributed by atoms with Gasteiger partial charge < -0.3 is 0 Å². The van der Waals surface area contributed by atoms with Crippen LogP contribution in [0.25, 0.3) is 0 Å². The van der Waals surface area contributed by atoms with E-state index in [9.17, 15) is 18.0 Å². The summed E-state index contributed by atoms with van der Waals surface area (Å²) in [5.74, 6) is -0.226. The quantitative estimate of drug-likeness (QED) is 0.566. The van der Waals surface area contributed by atoms with Crippen LogP contribution in [-0.2, 0) is 6.18 Å². The van der Waals surface area contributed by atoms with E-state index < -0.39 is 11.7 Å². The number of ketones is 1. The summed E-state index contributed by atoms with van der Waals surface area (Å²) >= 11 is 1.74. The van der Waals surface area contributed by atoms with Crippen molar-refractivity contribution in [1.82, 2.24) is 0 Å². The third-order valence-corrected chi connectivity index (χ3v) is 2.89. The molecule has 0 amide bonds. The first-order valence-corrected chi connectivity index (χ1v) is 5.19. The van der Waals surface area contributed by atoms with Gasteiger partial charge >= 0.3 is 6.18 Å². The molecule has 5 heteroatoms. The fourth-order valence-electron chi connectivity index (χ4n) is 1.26. The van der Waals surface area contributed by atoms with Gasteiger partial charge in [-0.1, -0.05) is 0 Å². The van der Waals surface area contributed by atoms with Crippen LogP contribution in [0.1, 0.15) is 28.4 Å². The SMILES string of the molecule is CC(=O)c1cc(C)c(C(F)(F)F)cc1I. The molecule has 0 aliphatic carbocycles. The average Bonchev–Trinajstić information content (AvgIpc) is 2.06. The molecule has 0 heterocycles. The van der Waals surface area contributed by atoms with Gasteiger partial charge in [0.1, 0.15) is 0 Å². The van der Waals surface area contributed by atoms with Crippen LogP contribution in [0, 0.1) is 10.5 Å². The van der Waals surface area contributed by atoms with Crippen LogP contribution in [0.5, 0.6) is 0 Å². The lowest BCUT2D eigenvalue weighted by Crippen LogP contribution is -2.10. The van der Waals surface area contributed by atoms with E-state index in [0.717, 1.165) is 6.07 Å². The number of carbonyl (C=O) groups is 1. The molecule has 0 aliphatic heterocycles. The van der Waals surface area contributed by atoms with Gasteiger partial charge in [0.25, 0.3) is 0 Å². The fraction of sp³-hybridized carbons (Fsp3) is 0.300. The largest absolute Gasteiger partial charge is 0.416 e. The highest BCUT2D eigenvalue weighted by Gasteiger charge is 2.33. The zero-order chi connectivity index (χ0) is 11.8.